The summed E-state index contributed by atoms with van der Waals surface area (Å²) >= 11 is 2.46. The lowest BCUT2D eigenvalue weighted by molar-refractivity contribution is -0.137. The maximum absolute atomic E-state index is 12.7. The number of alkyl halides is 3. The van der Waals surface area contributed by atoms with E-state index < -0.39 is 11.7 Å². The number of benzene rings is 1. The summed E-state index contributed by atoms with van der Waals surface area (Å²) in [6.45, 7) is 1.62. The summed E-state index contributed by atoms with van der Waals surface area (Å²) in [5.74, 6) is -0.451. The molecule has 1 aromatic carbocycles. The minimum Gasteiger partial charge on any atom is -0.506 e. The molecule has 0 unspecified atom stereocenters. The van der Waals surface area contributed by atoms with Crippen LogP contribution >= 0.6 is 22.7 Å². The number of halogens is 3. The maximum Gasteiger partial charge on any atom is 0.416 e. The molecule has 4 nitrogen and oxygen atoms in total. The zero-order chi connectivity index (χ0) is 19.6. The van der Waals surface area contributed by atoms with E-state index in [4.69, 9.17) is 0 Å². The minimum absolute atomic E-state index is 0.0913. The monoisotopic (exact) mass is 410 g/mol. The van der Waals surface area contributed by atoms with Gasteiger partial charge >= 0.3 is 6.18 Å². The van der Waals surface area contributed by atoms with Crippen LogP contribution < -0.4 is 5.43 Å². The van der Waals surface area contributed by atoms with Gasteiger partial charge < -0.3 is 5.11 Å². The Bertz CT molecular complexity index is 975. The van der Waals surface area contributed by atoms with Crippen LogP contribution in [-0.4, -0.2) is 16.7 Å². The largest absolute Gasteiger partial charge is 0.506 e. The molecule has 0 aliphatic heterocycles. The third-order valence-electron chi connectivity index (χ3n) is 3.70. The summed E-state index contributed by atoms with van der Waals surface area (Å²) in [7, 11) is 0. The van der Waals surface area contributed by atoms with E-state index in [1.165, 1.54) is 34.8 Å². The van der Waals surface area contributed by atoms with Gasteiger partial charge in [-0.05, 0) is 36.1 Å². The zero-order valence-electron chi connectivity index (χ0n) is 13.9. The van der Waals surface area contributed by atoms with Crippen molar-refractivity contribution in [2.24, 2.45) is 5.10 Å². The molecule has 0 spiro atoms. The Morgan fingerprint density at radius 3 is 2.44 bits per heavy atom. The van der Waals surface area contributed by atoms with Crippen LogP contribution in [0.3, 0.4) is 0 Å². The van der Waals surface area contributed by atoms with E-state index >= 15 is 0 Å². The zero-order valence-corrected chi connectivity index (χ0v) is 15.5. The number of aromatic hydroxyl groups is 1. The third kappa shape index (κ3) is 4.20. The Morgan fingerprint density at radius 2 is 1.85 bits per heavy atom. The van der Waals surface area contributed by atoms with Crippen molar-refractivity contribution < 1.29 is 23.1 Å². The lowest BCUT2D eigenvalue weighted by atomic mass is 10.1. The predicted octanol–water partition coefficient (Wildman–Crippen LogP) is 5.36. The average Bonchev–Trinajstić information content (AvgIpc) is 3.28. The highest BCUT2D eigenvalue weighted by Crippen LogP contribution is 2.39. The summed E-state index contributed by atoms with van der Waals surface area (Å²) in [4.78, 5) is 12.8. The molecule has 140 valence electrons. The molecule has 0 fully saturated rings. The van der Waals surface area contributed by atoms with Crippen LogP contribution in [0, 0.1) is 0 Å². The molecule has 2 heterocycles. The van der Waals surface area contributed by atoms with E-state index in [1.54, 1.807) is 29.8 Å². The number of carbonyl (C=O) groups is 1. The van der Waals surface area contributed by atoms with Crippen LogP contribution in [0.1, 0.15) is 27.7 Å². The number of thiophene rings is 2. The second-order valence-corrected chi connectivity index (χ2v) is 7.35. The fraction of sp³-hybridized carbons (Fsp3) is 0.111. The molecule has 9 heteroatoms. The highest BCUT2D eigenvalue weighted by Gasteiger charge is 2.30. The Balaban J connectivity index is 1.80. The average molecular weight is 410 g/mol. The summed E-state index contributed by atoms with van der Waals surface area (Å²) < 4.78 is 38.0. The van der Waals surface area contributed by atoms with Crippen molar-refractivity contribution in [3.63, 3.8) is 0 Å². The van der Waals surface area contributed by atoms with Crippen LogP contribution in [-0.2, 0) is 6.18 Å². The second kappa shape index (κ2) is 7.53. The number of rotatable bonds is 4. The fourth-order valence-corrected chi connectivity index (χ4v) is 3.91. The van der Waals surface area contributed by atoms with Gasteiger partial charge in [0, 0.05) is 5.38 Å². The van der Waals surface area contributed by atoms with Gasteiger partial charge in [-0.25, -0.2) is 5.43 Å². The molecule has 2 N–H and O–H groups in total. The molecular formula is C18H13F3N2O2S2. The summed E-state index contributed by atoms with van der Waals surface area (Å²) in [5.41, 5.74) is 2.91. The van der Waals surface area contributed by atoms with Gasteiger partial charge in [-0.2, -0.15) is 18.3 Å². The second-order valence-electron chi connectivity index (χ2n) is 5.52. The Morgan fingerprint density at radius 1 is 1.15 bits per heavy atom. The van der Waals surface area contributed by atoms with E-state index in [9.17, 15) is 23.1 Å². The van der Waals surface area contributed by atoms with Crippen molar-refractivity contribution in [3.05, 3.63) is 63.2 Å². The normalized spacial score (nSPS) is 12.2. The number of hydrogen-bond acceptors (Lipinski definition) is 5. The Labute approximate surface area is 160 Å². The summed E-state index contributed by atoms with van der Waals surface area (Å²) in [6.07, 6.45) is -4.41. The van der Waals surface area contributed by atoms with Gasteiger partial charge in [0.1, 0.15) is 5.75 Å². The van der Waals surface area contributed by atoms with E-state index in [0.29, 0.717) is 26.6 Å². The number of nitrogens with zero attached hydrogens (tertiary/aromatic N) is 1. The van der Waals surface area contributed by atoms with Gasteiger partial charge in [-0.1, -0.05) is 18.2 Å². The van der Waals surface area contributed by atoms with E-state index in [0.717, 1.165) is 12.1 Å². The summed E-state index contributed by atoms with van der Waals surface area (Å²) in [6, 6.07) is 7.96. The molecule has 2 aromatic heterocycles. The number of amides is 1. The van der Waals surface area contributed by atoms with E-state index in [1.807, 2.05) is 0 Å². The van der Waals surface area contributed by atoms with Crippen molar-refractivity contribution in [3.8, 4) is 16.2 Å². The molecule has 0 aliphatic rings. The molecule has 3 rings (SSSR count). The number of hydrogen-bond donors (Lipinski definition) is 2. The lowest BCUT2D eigenvalue weighted by Gasteiger charge is -2.07. The molecular weight excluding hydrogens is 397 g/mol. The number of carbonyl (C=O) groups excluding carboxylic acids is 1. The number of hydrazone groups is 1. The Hall–Kier alpha value is -2.65. The molecule has 1 amide bonds. The quantitative estimate of drug-likeness (QED) is 0.450. The topological polar surface area (TPSA) is 61.7 Å². The van der Waals surface area contributed by atoms with E-state index in [2.05, 4.69) is 10.5 Å². The minimum atomic E-state index is -4.41. The first kappa shape index (κ1) is 19.1. The molecule has 0 radical (unpaired) electrons. The van der Waals surface area contributed by atoms with Gasteiger partial charge in [0.25, 0.3) is 5.91 Å². The van der Waals surface area contributed by atoms with Crippen molar-refractivity contribution >= 4 is 34.3 Å². The molecule has 0 saturated heterocycles. The smallest absolute Gasteiger partial charge is 0.416 e. The van der Waals surface area contributed by atoms with Gasteiger partial charge in [0.05, 0.1) is 26.6 Å². The predicted molar refractivity (Wildman–Crippen MR) is 100 cm³/mol. The highest BCUT2D eigenvalue weighted by molar-refractivity contribution is 7.14. The van der Waals surface area contributed by atoms with Crippen molar-refractivity contribution in [2.45, 2.75) is 13.1 Å². The van der Waals surface area contributed by atoms with Gasteiger partial charge in [0.15, 0.2) is 0 Å². The molecule has 0 atom stereocenters. The first-order valence-electron chi connectivity index (χ1n) is 7.64. The van der Waals surface area contributed by atoms with Gasteiger partial charge in [-0.3, -0.25) is 4.79 Å². The van der Waals surface area contributed by atoms with E-state index in [-0.39, 0.29) is 11.7 Å². The molecule has 0 aliphatic carbocycles. The maximum atomic E-state index is 12.7. The number of nitrogens with one attached hydrogen (secondary N) is 1. The first-order valence-corrected chi connectivity index (χ1v) is 9.40. The summed E-state index contributed by atoms with van der Waals surface area (Å²) in [5, 5.41) is 17.8. The van der Waals surface area contributed by atoms with Gasteiger partial charge in [0.2, 0.25) is 0 Å². The molecule has 3 aromatic rings. The Kier molecular flexibility index (Phi) is 5.33. The van der Waals surface area contributed by atoms with Crippen molar-refractivity contribution in [2.75, 3.05) is 0 Å². The SMILES string of the molecule is CC(=NNC(=O)c1cccs1)c1csc(-c2ccc(C(F)(F)F)cc2)c1O. The van der Waals surface area contributed by atoms with Crippen LogP contribution in [0.15, 0.2) is 52.3 Å². The fourth-order valence-electron chi connectivity index (χ4n) is 2.28. The molecule has 27 heavy (non-hydrogen) atoms. The standard InChI is InChI=1S/C18H13F3N2O2S2/c1-10(22-23-17(25)14-3-2-8-26-14)13-9-27-16(15(13)24)11-4-6-12(7-5-11)18(19,20)21/h2-9,24H,1H3,(H,23,25). The highest BCUT2D eigenvalue weighted by atomic mass is 32.1. The van der Waals surface area contributed by atoms with Crippen molar-refractivity contribution in [1.29, 1.82) is 0 Å². The molecule has 0 saturated carbocycles. The van der Waals surface area contributed by atoms with Gasteiger partial charge in [-0.15, -0.1) is 22.7 Å². The first-order chi connectivity index (χ1) is 12.8. The van der Waals surface area contributed by atoms with Crippen molar-refractivity contribution in [1.82, 2.24) is 5.43 Å². The van der Waals surface area contributed by atoms with Crippen LogP contribution in [0.4, 0.5) is 13.2 Å². The third-order valence-corrected chi connectivity index (χ3v) is 5.59. The van der Waals surface area contributed by atoms with Crippen LogP contribution in [0.2, 0.25) is 0 Å². The lowest BCUT2D eigenvalue weighted by Crippen LogP contribution is -2.18. The van der Waals surface area contributed by atoms with Crippen LogP contribution in [0.25, 0.3) is 10.4 Å². The van der Waals surface area contributed by atoms with Crippen LogP contribution in [0.5, 0.6) is 5.75 Å². The molecule has 0 bridgehead atoms.